The largest absolute Gasteiger partial charge is 0.487 e. The predicted molar refractivity (Wildman–Crippen MR) is 95.6 cm³/mol. The maximum Gasteiger partial charge on any atom is 0.191 e. The molecule has 2 atom stereocenters. The molecular weight excluding hydrogens is 398 g/mol. The van der Waals surface area contributed by atoms with Gasteiger partial charge < -0.3 is 9.84 Å². The number of fused-ring (bicyclic) bond motifs is 3. The third-order valence-corrected chi connectivity index (χ3v) is 8.47. The number of hydrogen-bond donors (Lipinski definition) is 1. The molecule has 144 valence electrons. The van der Waals surface area contributed by atoms with E-state index < -0.39 is 49.7 Å². The number of aliphatic hydroxyl groups is 1. The summed E-state index contributed by atoms with van der Waals surface area (Å²) in [5, 5.41) is 11.7. The van der Waals surface area contributed by atoms with Gasteiger partial charge in [-0.05, 0) is 49.2 Å². The summed E-state index contributed by atoms with van der Waals surface area (Å²) in [6, 6.07) is 7.22. The van der Waals surface area contributed by atoms with E-state index in [0.29, 0.717) is 17.9 Å². The Morgan fingerprint density at radius 1 is 1.00 bits per heavy atom. The van der Waals surface area contributed by atoms with Crippen LogP contribution in [0.25, 0.3) is 0 Å². The molecule has 1 aliphatic heterocycles. The summed E-state index contributed by atoms with van der Waals surface area (Å²) in [6.07, 6.45) is 1.08. The van der Waals surface area contributed by atoms with Gasteiger partial charge in [-0.1, -0.05) is 24.4 Å². The fourth-order valence-corrected chi connectivity index (χ4v) is 6.90. The first kappa shape index (κ1) is 18.7. The van der Waals surface area contributed by atoms with Crippen LogP contribution in [0.15, 0.2) is 41.3 Å². The molecule has 1 fully saturated rings. The normalized spacial score (nSPS) is 27.4. The van der Waals surface area contributed by atoms with Crippen LogP contribution in [-0.4, -0.2) is 25.7 Å². The van der Waals surface area contributed by atoms with Gasteiger partial charge in [-0.25, -0.2) is 17.2 Å². The van der Waals surface area contributed by atoms with Crippen molar-refractivity contribution in [3.05, 3.63) is 58.6 Å². The van der Waals surface area contributed by atoms with E-state index in [1.54, 1.807) is 0 Å². The molecule has 0 amide bonds. The highest BCUT2D eigenvalue weighted by Crippen LogP contribution is 2.58. The Hall–Kier alpha value is -1.70. The molecule has 0 saturated heterocycles. The van der Waals surface area contributed by atoms with Crippen LogP contribution in [0.2, 0.25) is 5.02 Å². The molecule has 0 radical (unpaired) electrons. The van der Waals surface area contributed by atoms with Crippen molar-refractivity contribution in [2.75, 3.05) is 6.61 Å². The molecule has 0 aromatic heterocycles. The Labute approximate surface area is 160 Å². The molecule has 0 bridgehead atoms. The van der Waals surface area contributed by atoms with Crippen LogP contribution in [0, 0.1) is 11.6 Å². The van der Waals surface area contributed by atoms with Gasteiger partial charge in [0.15, 0.2) is 21.4 Å². The van der Waals surface area contributed by atoms with Gasteiger partial charge in [0.2, 0.25) is 0 Å². The third-order valence-electron chi connectivity index (χ3n) is 5.62. The van der Waals surface area contributed by atoms with Crippen molar-refractivity contribution in [2.24, 2.45) is 0 Å². The Morgan fingerprint density at radius 2 is 1.63 bits per heavy atom. The molecule has 0 unspecified atom stereocenters. The van der Waals surface area contributed by atoms with E-state index in [9.17, 15) is 22.3 Å². The van der Waals surface area contributed by atoms with E-state index in [1.807, 2.05) is 0 Å². The molecule has 27 heavy (non-hydrogen) atoms. The molecule has 4 nitrogen and oxygen atoms in total. The predicted octanol–water partition coefficient (Wildman–Crippen LogP) is 3.98. The summed E-state index contributed by atoms with van der Waals surface area (Å²) in [6.45, 7) is -0.423. The summed E-state index contributed by atoms with van der Waals surface area (Å²) in [7, 11) is -4.31. The summed E-state index contributed by atoms with van der Waals surface area (Å²) >= 11 is 5.86. The van der Waals surface area contributed by atoms with Crippen molar-refractivity contribution in [2.45, 2.75) is 40.9 Å². The third kappa shape index (κ3) is 2.45. The Balaban J connectivity index is 2.08. The lowest BCUT2D eigenvalue weighted by Crippen LogP contribution is -2.63. The minimum Gasteiger partial charge on any atom is -0.487 e. The van der Waals surface area contributed by atoms with E-state index in [0.717, 1.165) is 12.1 Å². The molecule has 2 aromatic carbocycles. The minimum absolute atomic E-state index is 0.0365. The summed E-state index contributed by atoms with van der Waals surface area (Å²) in [5.74, 6) is -2.22. The molecular formula is C19H17ClF2O4S. The molecule has 2 aliphatic rings. The second kappa shape index (κ2) is 6.15. The molecule has 1 N–H and O–H groups in total. The van der Waals surface area contributed by atoms with Crippen LogP contribution in [0.1, 0.15) is 31.2 Å². The van der Waals surface area contributed by atoms with Crippen molar-refractivity contribution in [3.63, 3.8) is 0 Å². The van der Waals surface area contributed by atoms with Gasteiger partial charge >= 0.3 is 0 Å². The maximum atomic E-state index is 14.9. The quantitative estimate of drug-likeness (QED) is 0.807. The fourth-order valence-electron chi connectivity index (χ4n) is 4.35. The van der Waals surface area contributed by atoms with Crippen LogP contribution in [0.5, 0.6) is 5.75 Å². The fraction of sp³-hybridized carbons (Fsp3) is 0.368. The van der Waals surface area contributed by atoms with Gasteiger partial charge in [-0.3, -0.25) is 0 Å². The Kier molecular flexibility index (Phi) is 4.25. The maximum absolute atomic E-state index is 14.9. The zero-order valence-electron chi connectivity index (χ0n) is 14.2. The first-order chi connectivity index (χ1) is 12.7. The van der Waals surface area contributed by atoms with Crippen molar-refractivity contribution < 1.29 is 27.0 Å². The monoisotopic (exact) mass is 414 g/mol. The lowest BCUT2D eigenvalue weighted by atomic mass is 9.69. The highest BCUT2D eigenvalue weighted by Gasteiger charge is 2.66. The van der Waals surface area contributed by atoms with Crippen molar-refractivity contribution in [3.8, 4) is 5.75 Å². The summed E-state index contributed by atoms with van der Waals surface area (Å²) in [5.41, 5.74) is -2.29. The van der Waals surface area contributed by atoms with Crippen LogP contribution < -0.4 is 4.74 Å². The smallest absolute Gasteiger partial charge is 0.191 e. The van der Waals surface area contributed by atoms with E-state index in [1.165, 1.54) is 24.3 Å². The molecule has 4 rings (SSSR count). The highest BCUT2D eigenvalue weighted by atomic mass is 35.5. The number of benzene rings is 2. The van der Waals surface area contributed by atoms with Crippen molar-refractivity contribution >= 4 is 21.4 Å². The minimum atomic E-state index is -4.31. The van der Waals surface area contributed by atoms with E-state index in [2.05, 4.69) is 0 Å². The molecule has 8 heteroatoms. The van der Waals surface area contributed by atoms with Crippen LogP contribution >= 0.6 is 11.6 Å². The average Bonchev–Trinajstić information content (AvgIpc) is 2.64. The number of hydrogen-bond acceptors (Lipinski definition) is 4. The van der Waals surface area contributed by atoms with Gasteiger partial charge in [0.1, 0.15) is 22.8 Å². The molecule has 1 heterocycles. The summed E-state index contributed by atoms with van der Waals surface area (Å²) < 4.78 is 60.0. The van der Waals surface area contributed by atoms with Gasteiger partial charge in [-0.15, -0.1) is 0 Å². The molecule has 2 aromatic rings. The standard InChI is InChI=1S/C19H17ClF2O4S/c20-12-3-5-13(6-4-12)27(24,25)19-10-2-1-9-18(19,23)11-26-17-15(22)8-7-14(21)16(17)19/h3-8,23H,1-2,9-11H2/t18-,19+/m0/s1. The Morgan fingerprint density at radius 3 is 2.33 bits per heavy atom. The van der Waals surface area contributed by atoms with Crippen molar-refractivity contribution in [1.29, 1.82) is 0 Å². The number of rotatable bonds is 2. The second-order valence-corrected chi connectivity index (χ2v) is 9.66. The number of halogens is 3. The topological polar surface area (TPSA) is 63.6 Å². The van der Waals surface area contributed by atoms with Gasteiger partial charge in [0, 0.05) is 5.02 Å². The van der Waals surface area contributed by atoms with Crippen LogP contribution in [0.3, 0.4) is 0 Å². The van der Waals surface area contributed by atoms with E-state index in [4.69, 9.17) is 16.3 Å². The molecule has 1 saturated carbocycles. The highest BCUT2D eigenvalue weighted by molar-refractivity contribution is 7.92. The SMILES string of the molecule is O=S(=O)(c1ccc(Cl)cc1)[C@@]12CCCC[C@]1(O)COc1c(F)ccc(F)c12. The van der Waals surface area contributed by atoms with Crippen LogP contribution in [-0.2, 0) is 14.6 Å². The zero-order valence-corrected chi connectivity index (χ0v) is 15.8. The van der Waals surface area contributed by atoms with Crippen LogP contribution in [0.4, 0.5) is 8.78 Å². The first-order valence-corrected chi connectivity index (χ1v) is 10.4. The van der Waals surface area contributed by atoms with Crippen molar-refractivity contribution in [1.82, 2.24) is 0 Å². The van der Waals surface area contributed by atoms with Gasteiger partial charge in [-0.2, -0.15) is 0 Å². The second-order valence-electron chi connectivity index (χ2n) is 7.05. The Bertz CT molecular complexity index is 1010. The molecule has 1 aliphatic carbocycles. The first-order valence-electron chi connectivity index (χ1n) is 8.57. The van der Waals surface area contributed by atoms with Gasteiger partial charge in [0.05, 0.1) is 10.5 Å². The zero-order chi connectivity index (χ0) is 19.4. The number of ether oxygens (including phenoxy) is 1. The number of sulfone groups is 1. The van der Waals surface area contributed by atoms with E-state index >= 15 is 0 Å². The lowest BCUT2D eigenvalue weighted by Gasteiger charge is -2.52. The lowest BCUT2D eigenvalue weighted by molar-refractivity contribution is -0.0831. The van der Waals surface area contributed by atoms with Gasteiger partial charge in [0.25, 0.3) is 0 Å². The van der Waals surface area contributed by atoms with E-state index in [-0.39, 0.29) is 17.7 Å². The molecule has 0 spiro atoms. The average molecular weight is 415 g/mol. The summed E-state index contributed by atoms with van der Waals surface area (Å²) in [4.78, 5) is -0.108.